The highest BCUT2D eigenvalue weighted by atomic mass is 32.1. The Morgan fingerprint density at radius 3 is 2.89 bits per heavy atom. The molecule has 7 heteroatoms. The first-order valence-corrected chi connectivity index (χ1v) is 6.47. The number of nitrogens with one attached hydrogen (secondary N) is 1. The van der Waals surface area contributed by atoms with Crippen LogP contribution in [0.1, 0.15) is 11.4 Å². The molecule has 0 radical (unpaired) electrons. The fourth-order valence-corrected chi connectivity index (χ4v) is 1.92. The lowest BCUT2D eigenvalue weighted by atomic mass is 10.3. The van der Waals surface area contributed by atoms with E-state index in [1.54, 1.807) is 0 Å². The van der Waals surface area contributed by atoms with E-state index in [9.17, 15) is 0 Å². The average molecular weight is 279 g/mol. The minimum absolute atomic E-state index is 0.319. The van der Waals surface area contributed by atoms with E-state index in [-0.39, 0.29) is 0 Å². The predicted molar refractivity (Wildman–Crippen MR) is 77.8 cm³/mol. The number of pyridine rings is 1. The molecule has 3 N–H and O–H groups in total. The van der Waals surface area contributed by atoms with Crippen LogP contribution in [0.4, 0.5) is 0 Å². The highest BCUT2D eigenvalue weighted by Gasteiger charge is 2.13. The maximum atomic E-state index is 5.86. The highest BCUT2D eigenvalue weighted by molar-refractivity contribution is 7.80. The summed E-state index contributed by atoms with van der Waals surface area (Å²) in [5.41, 5.74) is 10.2. The molecule has 1 aromatic rings. The number of morpholine rings is 1. The standard InChI is InChI=1S/C12H17N5OS/c1-9-3-2-4-10(14-9)11(13)15-16-12(19)17-5-7-18-8-6-17/h2-4H,5-8H2,1H3,(H2,13,15)(H,16,19). The Morgan fingerprint density at radius 1 is 1.47 bits per heavy atom. The van der Waals surface area contributed by atoms with E-state index < -0.39 is 0 Å². The lowest BCUT2D eigenvalue weighted by Crippen LogP contribution is -2.45. The van der Waals surface area contributed by atoms with E-state index in [0.717, 1.165) is 18.8 Å². The van der Waals surface area contributed by atoms with Crippen molar-refractivity contribution >= 4 is 23.2 Å². The Kier molecular flexibility index (Phi) is 4.64. The van der Waals surface area contributed by atoms with E-state index in [0.29, 0.717) is 29.9 Å². The molecule has 1 aromatic heterocycles. The summed E-state index contributed by atoms with van der Waals surface area (Å²) in [6.45, 7) is 4.80. The number of aromatic nitrogens is 1. The summed E-state index contributed by atoms with van der Waals surface area (Å²) in [5, 5.41) is 4.62. The molecule has 2 heterocycles. The zero-order valence-electron chi connectivity index (χ0n) is 10.8. The second kappa shape index (κ2) is 6.44. The number of nitrogens with two attached hydrogens (primary N) is 1. The summed E-state index contributed by atoms with van der Waals surface area (Å²) in [5.74, 6) is 0.319. The quantitative estimate of drug-likeness (QED) is 0.349. The second-order valence-electron chi connectivity index (χ2n) is 4.18. The van der Waals surface area contributed by atoms with Crippen molar-refractivity contribution in [2.24, 2.45) is 10.8 Å². The summed E-state index contributed by atoms with van der Waals surface area (Å²) in [6.07, 6.45) is 0. The SMILES string of the molecule is Cc1cccc(/C(N)=N/NC(=S)N2CCOCC2)n1. The molecule has 19 heavy (non-hydrogen) atoms. The van der Waals surface area contributed by atoms with Gasteiger partial charge in [0.15, 0.2) is 10.9 Å². The van der Waals surface area contributed by atoms with Gasteiger partial charge in [0.1, 0.15) is 5.69 Å². The first kappa shape index (κ1) is 13.7. The van der Waals surface area contributed by atoms with Crippen molar-refractivity contribution in [2.75, 3.05) is 26.3 Å². The molecule has 6 nitrogen and oxygen atoms in total. The lowest BCUT2D eigenvalue weighted by molar-refractivity contribution is 0.0677. The monoisotopic (exact) mass is 279 g/mol. The maximum Gasteiger partial charge on any atom is 0.189 e. The maximum absolute atomic E-state index is 5.86. The van der Waals surface area contributed by atoms with Crippen molar-refractivity contribution in [3.05, 3.63) is 29.6 Å². The molecule has 1 aliphatic rings. The third kappa shape index (κ3) is 3.87. The van der Waals surface area contributed by atoms with Crippen molar-refractivity contribution < 1.29 is 4.74 Å². The van der Waals surface area contributed by atoms with Crippen LogP contribution in [0.2, 0.25) is 0 Å². The first-order valence-electron chi connectivity index (χ1n) is 6.06. The number of thiocarbonyl (C=S) groups is 1. The Bertz CT molecular complexity index is 485. The molecular formula is C12H17N5OS. The van der Waals surface area contributed by atoms with Gasteiger partial charge in [-0.25, -0.2) is 4.98 Å². The van der Waals surface area contributed by atoms with E-state index >= 15 is 0 Å². The van der Waals surface area contributed by atoms with E-state index in [1.165, 1.54) is 0 Å². The Labute approximate surface area is 117 Å². The van der Waals surface area contributed by atoms with Crippen LogP contribution < -0.4 is 11.2 Å². The van der Waals surface area contributed by atoms with Crippen LogP contribution in [0, 0.1) is 6.92 Å². The summed E-state index contributed by atoms with van der Waals surface area (Å²) in [7, 11) is 0. The lowest BCUT2D eigenvalue weighted by Gasteiger charge is -2.28. The van der Waals surface area contributed by atoms with Gasteiger partial charge in [-0.2, -0.15) is 5.10 Å². The topological polar surface area (TPSA) is 75.8 Å². The third-order valence-corrected chi connectivity index (χ3v) is 3.07. The van der Waals surface area contributed by atoms with Gasteiger partial charge in [-0.15, -0.1) is 0 Å². The van der Waals surface area contributed by atoms with E-state index in [1.807, 2.05) is 30.0 Å². The molecule has 2 rings (SSSR count). The van der Waals surface area contributed by atoms with Crippen LogP contribution in [-0.2, 0) is 4.74 Å². The number of amidine groups is 1. The molecule has 1 fully saturated rings. The van der Waals surface area contributed by atoms with Gasteiger partial charge in [0.25, 0.3) is 0 Å². The van der Waals surface area contributed by atoms with Crippen molar-refractivity contribution in [1.82, 2.24) is 15.3 Å². The summed E-state index contributed by atoms with van der Waals surface area (Å²) < 4.78 is 5.26. The van der Waals surface area contributed by atoms with Gasteiger partial charge >= 0.3 is 0 Å². The molecule has 0 amide bonds. The largest absolute Gasteiger partial charge is 0.380 e. The molecule has 0 saturated carbocycles. The number of hydrogen-bond donors (Lipinski definition) is 2. The molecule has 0 aliphatic carbocycles. The highest BCUT2D eigenvalue weighted by Crippen LogP contribution is 1.99. The van der Waals surface area contributed by atoms with Gasteiger partial charge in [-0.05, 0) is 31.3 Å². The minimum Gasteiger partial charge on any atom is -0.380 e. The molecule has 0 atom stereocenters. The van der Waals surface area contributed by atoms with Crippen molar-refractivity contribution in [1.29, 1.82) is 0 Å². The van der Waals surface area contributed by atoms with Gasteiger partial charge in [-0.3, -0.25) is 5.43 Å². The molecule has 1 saturated heterocycles. The third-order valence-electron chi connectivity index (χ3n) is 2.72. The normalized spacial score (nSPS) is 16.3. The number of hydrogen-bond acceptors (Lipinski definition) is 4. The van der Waals surface area contributed by atoms with Gasteiger partial charge in [-0.1, -0.05) is 6.07 Å². The van der Waals surface area contributed by atoms with E-state index in [4.69, 9.17) is 22.7 Å². The fourth-order valence-electron chi connectivity index (χ4n) is 1.69. The summed E-state index contributed by atoms with van der Waals surface area (Å²) >= 11 is 5.24. The van der Waals surface area contributed by atoms with Crippen LogP contribution >= 0.6 is 12.2 Å². The smallest absolute Gasteiger partial charge is 0.189 e. The Morgan fingerprint density at radius 2 is 2.21 bits per heavy atom. The van der Waals surface area contributed by atoms with Crippen LogP contribution in [-0.4, -0.2) is 47.1 Å². The Balaban J connectivity index is 1.95. The van der Waals surface area contributed by atoms with E-state index in [2.05, 4.69) is 15.5 Å². The van der Waals surface area contributed by atoms with Gasteiger partial charge in [0, 0.05) is 18.8 Å². The summed E-state index contributed by atoms with van der Waals surface area (Å²) in [6, 6.07) is 5.61. The predicted octanol–water partition coefficient (Wildman–Crippen LogP) is 0.217. The molecular weight excluding hydrogens is 262 g/mol. The molecule has 0 unspecified atom stereocenters. The zero-order valence-corrected chi connectivity index (χ0v) is 11.6. The Hall–Kier alpha value is -1.73. The van der Waals surface area contributed by atoms with Crippen LogP contribution in [0.3, 0.4) is 0 Å². The number of ether oxygens (including phenoxy) is 1. The van der Waals surface area contributed by atoms with Crippen molar-refractivity contribution in [2.45, 2.75) is 6.92 Å². The number of hydrazone groups is 1. The molecule has 0 spiro atoms. The molecule has 0 aromatic carbocycles. The number of aryl methyl sites for hydroxylation is 1. The summed E-state index contributed by atoms with van der Waals surface area (Å²) in [4.78, 5) is 6.29. The van der Waals surface area contributed by atoms with Crippen LogP contribution in [0.15, 0.2) is 23.3 Å². The van der Waals surface area contributed by atoms with Crippen LogP contribution in [0.5, 0.6) is 0 Å². The van der Waals surface area contributed by atoms with Crippen molar-refractivity contribution in [3.8, 4) is 0 Å². The minimum atomic E-state index is 0.319. The first-order chi connectivity index (χ1) is 9.16. The van der Waals surface area contributed by atoms with Gasteiger partial charge in [0.2, 0.25) is 0 Å². The molecule has 102 valence electrons. The fraction of sp³-hybridized carbons (Fsp3) is 0.417. The van der Waals surface area contributed by atoms with Crippen LogP contribution in [0.25, 0.3) is 0 Å². The average Bonchev–Trinajstić information content (AvgIpc) is 2.45. The zero-order chi connectivity index (χ0) is 13.7. The molecule has 1 aliphatic heterocycles. The van der Waals surface area contributed by atoms with Gasteiger partial charge < -0.3 is 15.4 Å². The van der Waals surface area contributed by atoms with Gasteiger partial charge in [0.05, 0.1) is 13.2 Å². The number of nitrogens with zero attached hydrogens (tertiary/aromatic N) is 3. The molecule has 0 bridgehead atoms. The second-order valence-corrected chi connectivity index (χ2v) is 4.56. The van der Waals surface area contributed by atoms with Crippen molar-refractivity contribution in [3.63, 3.8) is 0 Å². The number of rotatable bonds is 2.